The second-order valence-electron chi connectivity index (χ2n) is 7.13. The highest BCUT2D eigenvalue weighted by Crippen LogP contribution is 2.51. The molecule has 1 N–H and O–H groups in total. The Kier molecular flexibility index (Phi) is 5.24. The normalized spacial score (nSPS) is 29.0. The number of hydrogen-bond donors (Lipinski definition) is 1. The average Bonchev–Trinajstić information content (AvgIpc) is 3.09. The van der Waals surface area contributed by atoms with Gasteiger partial charge in [0.2, 0.25) is 0 Å². The Morgan fingerprint density at radius 1 is 1.29 bits per heavy atom. The Bertz CT molecular complexity index is 459. The Labute approximate surface area is 134 Å². The average molecular weight is 306 g/mol. The van der Waals surface area contributed by atoms with Gasteiger partial charge in [-0.3, -0.25) is 0 Å². The highest BCUT2D eigenvalue weighted by molar-refractivity contribution is 6.30. The van der Waals surface area contributed by atoms with E-state index >= 15 is 0 Å². The van der Waals surface area contributed by atoms with Gasteiger partial charge in [0.25, 0.3) is 0 Å². The molecule has 0 amide bonds. The van der Waals surface area contributed by atoms with Crippen molar-refractivity contribution in [2.24, 2.45) is 17.8 Å². The van der Waals surface area contributed by atoms with Crippen LogP contribution in [0.2, 0.25) is 5.02 Å². The van der Waals surface area contributed by atoms with Crippen LogP contribution in [0.3, 0.4) is 0 Å². The number of hydrogen-bond acceptors (Lipinski definition) is 1. The van der Waals surface area contributed by atoms with Crippen LogP contribution in [0, 0.1) is 17.8 Å². The first kappa shape index (κ1) is 15.4. The summed E-state index contributed by atoms with van der Waals surface area (Å²) >= 11 is 6.21. The van der Waals surface area contributed by atoms with Gasteiger partial charge < -0.3 is 5.32 Å². The van der Waals surface area contributed by atoms with E-state index in [9.17, 15) is 0 Å². The summed E-state index contributed by atoms with van der Waals surface area (Å²) in [7, 11) is 0. The van der Waals surface area contributed by atoms with E-state index in [4.69, 9.17) is 11.6 Å². The minimum Gasteiger partial charge on any atom is -0.316 e. The largest absolute Gasteiger partial charge is 0.316 e. The summed E-state index contributed by atoms with van der Waals surface area (Å²) in [6.45, 7) is 4.45. The molecule has 1 aromatic rings. The van der Waals surface area contributed by atoms with E-state index in [2.05, 4.69) is 30.4 Å². The summed E-state index contributed by atoms with van der Waals surface area (Å²) in [5.41, 5.74) is 1.42. The van der Waals surface area contributed by atoms with Gasteiger partial charge in [-0.25, -0.2) is 0 Å². The molecule has 2 aliphatic carbocycles. The lowest BCUT2D eigenvalue weighted by Gasteiger charge is -2.27. The summed E-state index contributed by atoms with van der Waals surface area (Å²) in [5, 5.41) is 4.50. The number of fused-ring (bicyclic) bond motifs is 2. The fraction of sp³-hybridized carbons (Fsp3) is 0.684. The molecule has 21 heavy (non-hydrogen) atoms. The Balaban J connectivity index is 1.66. The van der Waals surface area contributed by atoms with Gasteiger partial charge in [0.1, 0.15) is 0 Å². The molecule has 0 radical (unpaired) electrons. The Morgan fingerprint density at radius 3 is 2.86 bits per heavy atom. The maximum atomic E-state index is 6.21. The van der Waals surface area contributed by atoms with E-state index in [0.29, 0.717) is 5.92 Å². The van der Waals surface area contributed by atoms with Crippen molar-refractivity contribution in [3.05, 3.63) is 34.9 Å². The monoisotopic (exact) mass is 305 g/mol. The molecule has 2 aliphatic rings. The van der Waals surface area contributed by atoms with Crippen molar-refractivity contribution < 1.29 is 0 Å². The van der Waals surface area contributed by atoms with Crippen LogP contribution in [0.15, 0.2) is 24.3 Å². The van der Waals surface area contributed by atoms with Crippen LogP contribution in [0.5, 0.6) is 0 Å². The number of nitrogens with one attached hydrogen (secondary N) is 1. The quantitative estimate of drug-likeness (QED) is 0.678. The number of benzene rings is 1. The topological polar surface area (TPSA) is 12.0 Å². The molecule has 4 atom stereocenters. The summed E-state index contributed by atoms with van der Waals surface area (Å²) in [6.07, 6.45) is 8.52. The maximum absolute atomic E-state index is 6.21. The lowest BCUT2D eigenvalue weighted by atomic mass is 9.80. The molecular weight excluding hydrogens is 278 g/mol. The van der Waals surface area contributed by atoms with Crippen molar-refractivity contribution in [3.63, 3.8) is 0 Å². The van der Waals surface area contributed by atoms with E-state index in [-0.39, 0.29) is 0 Å². The highest BCUT2D eigenvalue weighted by atomic mass is 35.5. The van der Waals surface area contributed by atoms with E-state index in [1.165, 1.54) is 44.1 Å². The summed E-state index contributed by atoms with van der Waals surface area (Å²) < 4.78 is 0. The van der Waals surface area contributed by atoms with Gasteiger partial charge in [-0.2, -0.15) is 0 Å². The predicted octanol–water partition coefficient (Wildman–Crippen LogP) is 5.25. The number of halogens is 1. The molecule has 1 nitrogen and oxygen atoms in total. The maximum Gasteiger partial charge on any atom is 0.0408 e. The minimum absolute atomic E-state index is 0.625. The van der Waals surface area contributed by atoms with E-state index in [1.807, 2.05) is 6.07 Å². The fourth-order valence-electron chi connectivity index (χ4n) is 4.58. The molecular formula is C19H28ClN. The summed E-state index contributed by atoms with van der Waals surface area (Å²) in [5.74, 6) is 3.64. The zero-order valence-electron chi connectivity index (χ0n) is 13.2. The lowest BCUT2D eigenvalue weighted by molar-refractivity contribution is 0.291. The van der Waals surface area contributed by atoms with E-state index in [0.717, 1.165) is 35.9 Å². The molecule has 116 valence electrons. The van der Waals surface area contributed by atoms with Crippen LogP contribution in [0.25, 0.3) is 0 Å². The molecule has 2 saturated carbocycles. The van der Waals surface area contributed by atoms with Gasteiger partial charge >= 0.3 is 0 Å². The van der Waals surface area contributed by atoms with Crippen LogP contribution in [-0.2, 0) is 0 Å². The molecule has 0 aromatic heterocycles. The first-order valence-electron chi connectivity index (χ1n) is 8.72. The van der Waals surface area contributed by atoms with Gasteiger partial charge in [-0.15, -0.1) is 0 Å². The zero-order valence-corrected chi connectivity index (χ0v) is 13.9. The van der Waals surface area contributed by atoms with Crippen molar-refractivity contribution in [2.45, 2.75) is 51.4 Å². The Morgan fingerprint density at radius 2 is 2.19 bits per heavy atom. The van der Waals surface area contributed by atoms with Crippen molar-refractivity contribution in [2.75, 3.05) is 13.1 Å². The van der Waals surface area contributed by atoms with E-state index in [1.54, 1.807) is 0 Å². The molecule has 0 heterocycles. The molecule has 0 spiro atoms. The summed E-state index contributed by atoms with van der Waals surface area (Å²) in [4.78, 5) is 0. The molecule has 3 rings (SSSR count). The third kappa shape index (κ3) is 3.81. The third-order valence-electron chi connectivity index (χ3n) is 5.61. The standard InChI is InChI=1S/C19H28ClN/c1-2-8-21-13-18(15-4-3-5-19(20)12-15)11-17-10-14-6-7-16(17)9-14/h3-5,12,14,16-18,21H,2,6-11,13H2,1H3. The van der Waals surface area contributed by atoms with Crippen LogP contribution in [0.4, 0.5) is 0 Å². The Hall–Kier alpha value is -0.530. The molecule has 1 aromatic carbocycles. The molecule has 2 heteroatoms. The van der Waals surface area contributed by atoms with Crippen LogP contribution < -0.4 is 5.32 Å². The van der Waals surface area contributed by atoms with Crippen molar-refractivity contribution >= 4 is 11.6 Å². The van der Waals surface area contributed by atoms with Crippen molar-refractivity contribution in [3.8, 4) is 0 Å². The molecule has 2 bridgehead atoms. The molecule has 0 aliphatic heterocycles. The fourth-order valence-corrected chi connectivity index (χ4v) is 4.78. The SMILES string of the molecule is CCCNCC(CC1CC2CCC1C2)c1cccc(Cl)c1. The van der Waals surface area contributed by atoms with Crippen LogP contribution in [-0.4, -0.2) is 13.1 Å². The first-order chi connectivity index (χ1) is 10.3. The lowest BCUT2D eigenvalue weighted by Crippen LogP contribution is -2.25. The highest BCUT2D eigenvalue weighted by Gasteiger charge is 2.40. The smallest absolute Gasteiger partial charge is 0.0408 e. The first-order valence-corrected chi connectivity index (χ1v) is 9.10. The van der Waals surface area contributed by atoms with Gasteiger partial charge in [0.05, 0.1) is 0 Å². The summed E-state index contributed by atoms with van der Waals surface area (Å²) in [6, 6.07) is 8.52. The number of rotatable bonds is 7. The van der Waals surface area contributed by atoms with Gasteiger partial charge in [0, 0.05) is 11.6 Å². The second kappa shape index (κ2) is 7.15. The second-order valence-corrected chi connectivity index (χ2v) is 7.56. The predicted molar refractivity (Wildman–Crippen MR) is 90.9 cm³/mol. The molecule has 2 fully saturated rings. The van der Waals surface area contributed by atoms with Gasteiger partial charge in [0.15, 0.2) is 0 Å². The zero-order chi connectivity index (χ0) is 14.7. The molecule has 4 unspecified atom stereocenters. The van der Waals surface area contributed by atoms with Gasteiger partial charge in [-0.05, 0) is 80.0 Å². The minimum atomic E-state index is 0.625. The third-order valence-corrected chi connectivity index (χ3v) is 5.84. The van der Waals surface area contributed by atoms with E-state index < -0.39 is 0 Å². The van der Waals surface area contributed by atoms with Gasteiger partial charge in [-0.1, -0.05) is 37.1 Å². The molecule has 0 saturated heterocycles. The van der Waals surface area contributed by atoms with Crippen molar-refractivity contribution in [1.82, 2.24) is 5.32 Å². The van der Waals surface area contributed by atoms with Crippen molar-refractivity contribution in [1.29, 1.82) is 0 Å². The van der Waals surface area contributed by atoms with Crippen LogP contribution in [0.1, 0.15) is 56.9 Å². The van der Waals surface area contributed by atoms with Crippen LogP contribution >= 0.6 is 11.6 Å².